The fourth-order valence-electron chi connectivity index (χ4n) is 9.71. The molecule has 2 N–H and O–H groups in total. The Morgan fingerprint density at radius 3 is 2.17 bits per heavy atom. The lowest BCUT2D eigenvalue weighted by atomic mass is 9.42. The standard InChI is InChI=1S/C31H49BrO8/c1-15(2)38-26(36)11-8-16(3)20-9-10-21-27-22(14-25(31(20,21)7)40-18(5)34)30(6)19(13-24(27)39-17(4)33)12-23(35)28(32)29(30)37/h15-16,19-25,27-29,35,37H,8-14H2,1-7H3/t16-,19+,20-,21+,22+,23+,24-,25+,27+,28+,29-,30+,31-/m1/s1. The fourth-order valence-corrected chi connectivity index (χ4v) is 10.5. The minimum atomic E-state index is -0.794. The third-order valence-corrected chi connectivity index (χ3v) is 12.5. The third kappa shape index (κ3) is 5.48. The molecule has 0 spiro atoms. The van der Waals surface area contributed by atoms with Crippen molar-refractivity contribution in [1.29, 1.82) is 0 Å². The highest BCUT2D eigenvalue weighted by Crippen LogP contribution is 2.69. The van der Waals surface area contributed by atoms with E-state index in [0.717, 1.165) is 12.8 Å². The van der Waals surface area contributed by atoms with E-state index < -0.39 is 22.5 Å². The Morgan fingerprint density at radius 1 is 0.925 bits per heavy atom. The quantitative estimate of drug-likeness (QED) is 0.234. The van der Waals surface area contributed by atoms with E-state index in [2.05, 4.69) is 36.7 Å². The molecule has 4 aliphatic carbocycles. The molecule has 0 aromatic rings. The Kier molecular flexibility index (Phi) is 9.39. The maximum Gasteiger partial charge on any atom is 0.306 e. The van der Waals surface area contributed by atoms with Gasteiger partial charge < -0.3 is 24.4 Å². The average molecular weight is 630 g/mol. The Hall–Kier alpha value is -1.19. The Morgan fingerprint density at radius 2 is 1.57 bits per heavy atom. The summed E-state index contributed by atoms with van der Waals surface area (Å²) in [4.78, 5) is 36.7. The van der Waals surface area contributed by atoms with Gasteiger partial charge in [-0.15, -0.1) is 0 Å². The molecule has 4 saturated carbocycles. The van der Waals surface area contributed by atoms with Crippen molar-refractivity contribution in [3.05, 3.63) is 0 Å². The van der Waals surface area contributed by atoms with E-state index in [1.165, 1.54) is 13.8 Å². The number of fused-ring (bicyclic) bond motifs is 5. The van der Waals surface area contributed by atoms with Gasteiger partial charge in [0.1, 0.15) is 12.2 Å². The van der Waals surface area contributed by atoms with Crippen molar-refractivity contribution in [3.63, 3.8) is 0 Å². The minimum Gasteiger partial charge on any atom is -0.463 e. The molecule has 0 aromatic carbocycles. The van der Waals surface area contributed by atoms with Gasteiger partial charge in [0.05, 0.1) is 23.1 Å². The zero-order chi connectivity index (χ0) is 29.7. The van der Waals surface area contributed by atoms with Crippen LogP contribution in [0.4, 0.5) is 0 Å². The highest BCUT2D eigenvalue weighted by Gasteiger charge is 2.69. The zero-order valence-electron chi connectivity index (χ0n) is 25.1. The van der Waals surface area contributed by atoms with Crippen molar-refractivity contribution in [2.24, 2.45) is 46.3 Å². The van der Waals surface area contributed by atoms with Gasteiger partial charge in [-0.05, 0) is 82.0 Å². The predicted molar refractivity (Wildman–Crippen MR) is 152 cm³/mol. The molecule has 13 atom stereocenters. The van der Waals surface area contributed by atoms with Crippen LogP contribution in [0.1, 0.15) is 93.4 Å². The Bertz CT molecular complexity index is 971. The lowest BCUT2D eigenvalue weighted by Gasteiger charge is -2.65. The molecule has 40 heavy (non-hydrogen) atoms. The number of alkyl halides is 1. The summed E-state index contributed by atoms with van der Waals surface area (Å²) in [5.41, 5.74) is -0.915. The van der Waals surface area contributed by atoms with Crippen LogP contribution in [0.15, 0.2) is 0 Å². The van der Waals surface area contributed by atoms with Gasteiger partial charge in [-0.2, -0.15) is 0 Å². The van der Waals surface area contributed by atoms with E-state index in [1.54, 1.807) is 0 Å². The molecule has 0 aliphatic heterocycles. The smallest absolute Gasteiger partial charge is 0.306 e. The molecule has 0 unspecified atom stereocenters. The SMILES string of the molecule is CC(=O)O[C@H]1C[C@H]2[C@@H]([C@H](OC(C)=O)C[C@@H]3C[C@H](O)[C@H](Br)[C@@H](O)[C@@]32C)[C@@H]2CC[C@H]([C@H](C)CCC(=O)OC(C)C)[C@@]12C. The highest BCUT2D eigenvalue weighted by molar-refractivity contribution is 9.09. The molecule has 4 rings (SSSR count). The van der Waals surface area contributed by atoms with Crippen LogP contribution in [0.25, 0.3) is 0 Å². The first-order valence-electron chi connectivity index (χ1n) is 15.2. The summed E-state index contributed by atoms with van der Waals surface area (Å²) in [6, 6.07) is 0. The summed E-state index contributed by atoms with van der Waals surface area (Å²) in [7, 11) is 0. The van der Waals surface area contributed by atoms with Gasteiger partial charge in [-0.1, -0.05) is 36.7 Å². The summed E-state index contributed by atoms with van der Waals surface area (Å²) in [6.07, 6.45) is 2.20. The molecular formula is C31H49BrO8. The molecule has 4 aliphatic rings. The number of hydrogen-bond donors (Lipinski definition) is 2. The number of rotatable bonds is 7. The van der Waals surface area contributed by atoms with Crippen molar-refractivity contribution in [3.8, 4) is 0 Å². The number of ether oxygens (including phenoxy) is 3. The first kappa shape index (κ1) is 31.7. The lowest BCUT2D eigenvalue weighted by molar-refractivity contribution is -0.241. The number of carbonyl (C=O) groups is 3. The number of aliphatic hydroxyl groups is 2. The third-order valence-electron chi connectivity index (χ3n) is 11.4. The van der Waals surface area contributed by atoms with Crippen LogP contribution in [-0.4, -0.2) is 63.5 Å². The molecule has 4 fully saturated rings. The molecule has 0 heterocycles. The second-order valence-corrected chi connectivity index (χ2v) is 14.9. The molecular weight excluding hydrogens is 580 g/mol. The maximum absolute atomic E-state index is 12.5. The van der Waals surface area contributed by atoms with Gasteiger partial charge >= 0.3 is 17.9 Å². The van der Waals surface area contributed by atoms with E-state index in [4.69, 9.17) is 14.2 Å². The second kappa shape index (κ2) is 11.8. The molecule has 228 valence electrons. The maximum atomic E-state index is 12.5. The van der Waals surface area contributed by atoms with E-state index in [0.29, 0.717) is 32.1 Å². The number of esters is 3. The van der Waals surface area contributed by atoms with Crippen molar-refractivity contribution < 1.29 is 38.8 Å². The van der Waals surface area contributed by atoms with E-state index >= 15 is 0 Å². The zero-order valence-corrected chi connectivity index (χ0v) is 26.7. The monoisotopic (exact) mass is 628 g/mol. The van der Waals surface area contributed by atoms with Crippen molar-refractivity contribution in [1.82, 2.24) is 0 Å². The summed E-state index contributed by atoms with van der Waals surface area (Å²) >= 11 is 3.57. The van der Waals surface area contributed by atoms with Crippen LogP contribution >= 0.6 is 15.9 Å². The van der Waals surface area contributed by atoms with E-state index in [1.807, 2.05) is 13.8 Å². The van der Waals surface area contributed by atoms with Crippen molar-refractivity contribution in [2.45, 2.75) is 129 Å². The molecule has 8 nitrogen and oxygen atoms in total. The lowest BCUT2D eigenvalue weighted by Crippen LogP contribution is -2.68. The van der Waals surface area contributed by atoms with Crippen molar-refractivity contribution in [2.75, 3.05) is 0 Å². The first-order chi connectivity index (χ1) is 18.6. The largest absolute Gasteiger partial charge is 0.463 e. The van der Waals surface area contributed by atoms with Crippen LogP contribution in [0.2, 0.25) is 0 Å². The average Bonchev–Trinajstić information content (AvgIpc) is 3.20. The van der Waals surface area contributed by atoms with Crippen LogP contribution in [0, 0.1) is 46.3 Å². The molecule has 0 bridgehead atoms. The van der Waals surface area contributed by atoms with E-state index in [-0.39, 0.29) is 77.1 Å². The van der Waals surface area contributed by atoms with Crippen LogP contribution in [0.5, 0.6) is 0 Å². The van der Waals surface area contributed by atoms with Crippen molar-refractivity contribution >= 4 is 33.8 Å². The van der Waals surface area contributed by atoms with Crippen LogP contribution in [0.3, 0.4) is 0 Å². The predicted octanol–water partition coefficient (Wildman–Crippen LogP) is 4.80. The number of halogens is 1. The Balaban J connectivity index is 1.71. The summed E-state index contributed by atoms with van der Waals surface area (Å²) in [5, 5.41) is 22.4. The topological polar surface area (TPSA) is 119 Å². The molecule has 9 heteroatoms. The fraction of sp³-hybridized carbons (Fsp3) is 0.903. The Labute approximate surface area is 247 Å². The van der Waals surface area contributed by atoms with Gasteiger partial charge in [-0.25, -0.2) is 0 Å². The second-order valence-electron chi connectivity index (χ2n) is 13.9. The molecule has 0 aromatic heterocycles. The normalized spacial score (nSPS) is 45.1. The van der Waals surface area contributed by atoms with Crippen LogP contribution in [-0.2, 0) is 28.6 Å². The van der Waals surface area contributed by atoms with Gasteiger partial charge in [0.15, 0.2) is 0 Å². The molecule has 0 saturated heterocycles. The number of aliphatic hydroxyl groups excluding tert-OH is 2. The van der Waals surface area contributed by atoms with Gasteiger partial charge in [0, 0.05) is 37.0 Å². The van der Waals surface area contributed by atoms with Gasteiger partial charge in [0.25, 0.3) is 0 Å². The first-order valence-corrected chi connectivity index (χ1v) is 16.1. The summed E-state index contributed by atoms with van der Waals surface area (Å²) in [5.74, 6) is -0.424. The summed E-state index contributed by atoms with van der Waals surface area (Å²) < 4.78 is 17.6. The minimum absolute atomic E-state index is 0.00495. The molecule has 0 amide bonds. The van der Waals surface area contributed by atoms with Crippen LogP contribution < -0.4 is 0 Å². The number of hydrogen-bond acceptors (Lipinski definition) is 8. The molecule has 0 radical (unpaired) electrons. The highest BCUT2D eigenvalue weighted by atomic mass is 79.9. The van der Waals surface area contributed by atoms with Gasteiger partial charge in [-0.3, -0.25) is 14.4 Å². The van der Waals surface area contributed by atoms with E-state index in [9.17, 15) is 24.6 Å². The summed E-state index contributed by atoms with van der Waals surface area (Å²) in [6.45, 7) is 13.1. The number of carbonyl (C=O) groups excluding carboxylic acids is 3. The van der Waals surface area contributed by atoms with Gasteiger partial charge in [0.2, 0.25) is 0 Å².